The van der Waals surface area contributed by atoms with E-state index < -0.39 is 0 Å². The molecule has 0 fully saturated rings. The summed E-state index contributed by atoms with van der Waals surface area (Å²) in [7, 11) is 1.79. The lowest BCUT2D eigenvalue weighted by Gasteiger charge is -2.26. The summed E-state index contributed by atoms with van der Waals surface area (Å²) >= 11 is 0. The predicted octanol–water partition coefficient (Wildman–Crippen LogP) is 4.71. The summed E-state index contributed by atoms with van der Waals surface area (Å²) in [6.07, 6.45) is 7.45. The average molecular weight is 277 g/mol. The minimum atomic E-state index is 0.453. The average Bonchev–Trinajstić information content (AvgIpc) is 2.48. The van der Waals surface area contributed by atoms with E-state index in [1.807, 2.05) is 0 Å². The number of rotatable bonds is 11. The molecule has 0 radical (unpaired) electrons. The molecule has 0 aliphatic heterocycles. The van der Waals surface area contributed by atoms with E-state index >= 15 is 0 Å². The number of nitrogens with one attached hydrogen (secondary N) is 1. The topological polar surface area (TPSA) is 21.3 Å². The van der Waals surface area contributed by atoms with Crippen molar-refractivity contribution in [1.29, 1.82) is 0 Å². The van der Waals surface area contributed by atoms with Gasteiger partial charge in [0.2, 0.25) is 0 Å². The van der Waals surface area contributed by atoms with E-state index in [9.17, 15) is 0 Å². The van der Waals surface area contributed by atoms with Crippen molar-refractivity contribution in [1.82, 2.24) is 5.32 Å². The first-order chi connectivity index (χ1) is 9.81. The molecule has 0 amide bonds. The Hall–Kier alpha value is -0.860. The molecule has 2 atom stereocenters. The zero-order chi connectivity index (χ0) is 14.6. The Bertz CT molecular complexity index is 319. The van der Waals surface area contributed by atoms with Gasteiger partial charge >= 0.3 is 0 Å². The largest absolute Gasteiger partial charge is 0.383 e. The fourth-order valence-electron chi connectivity index (χ4n) is 2.68. The van der Waals surface area contributed by atoms with Crippen LogP contribution in [0.15, 0.2) is 30.3 Å². The highest BCUT2D eigenvalue weighted by molar-refractivity contribution is 5.19. The minimum absolute atomic E-state index is 0.453. The summed E-state index contributed by atoms with van der Waals surface area (Å²) in [5, 5.41) is 3.81. The van der Waals surface area contributed by atoms with Gasteiger partial charge in [-0.15, -0.1) is 0 Å². The van der Waals surface area contributed by atoms with E-state index in [4.69, 9.17) is 4.74 Å². The van der Waals surface area contributed by atoms with Crippen molar-refractivity contribution in [2.75, 3.05) is 13.7 Å². The van der Waals surface area contributed by atoms with Gasteiger partial charge in [-0.2, -0.15) is 0 Å². The van der Waals surface area contributed by atoms with Crippen molar-refractivity contribution >= 4 is 0 Å². The zero-order valence-electron chi connectivity index (χ0n) is 13.4. The molecule has 1 aromatic rings. The summed E-state index contributed by atoms with van der Waals surface area (Å²) in [5.74, 6) is 0. The Balaban J connectivity index is 2.65. The van der Waals surface area contributed by atoms with Crippen molar-refractivity contribution in [2.45, 2.75) is 64.5 Å². The van der Waals surface area contributed by atoms with Gasteiger partial charge in [0.15, 0.2) is 0 Å². The van der Waals surface area contributed by atoms with Crippen LogP contribution in [0.2, 0.25) is 0 Å². The highest BCUT2D eigenvalue weighted by atomic mass is 16.5. The first kappa shape index (κ1) is 17.2. The highest BCUT2D eigenvalue weighted by Crippen LogP contribution is 2.21. The van der Waals surface area contributed by atoms with E-state index in [1.165, 1.54) is 44.1 Å². The lowest BCUT2D eigenvalue weighted by Crippen LogP contribution is -2.36. The van der Waals surface area contributed by atoms with Crippen LogP contribution < -0.4 is 5.32 Å². The Kier molecular flexibility index (Phi) is 9.35. The molecule has 2 heteroatoms. The van der Waals surface area contributed by atoms with Crippen LogP contribution in [-0.2, 0) is 4.74 Å². The predicted molar refractivity (Wildman–Crippen MR) is 87.0 cm³/mol. The SMILES string of the molecule is CCCCCC(NC(CCC)COC)c1ccccc1. The van der Waals surface area contributed by atoms with Crippen LogP contribution >= 0.6 is 0 Å². The van der Waals surface area contributed by atoms with Gasteiger partial charge in [-0.25, -0.2) is 0 Å². The summed E-state index contributed by atoms with van der Waals surface area (Å²) in [6.45, 7) is 5.29. The third-order valence-electron chi connectivity index (χ3n) is 3.74. The normalized spacial score (nSPS) is 14.2. The molecule has 1 N–H and O–H groups in total. The van der Waals surface area contributed by atoms with E-state index in [1.54, 1.807) is 7.11 Å². The number of methoxy groups -OCH3 is 1. The molecule has 0 aliphatic rings. The number of ether oxygens (including phenoxy) is 1. The first-order valence-corrected chi connectivity index (χ1v) is 8.11. The smallest absolute Gasteiger partial charge is 0.0616 e. The lowest BCUT2D eigenvalue weighted by molar-refractivity contribution is 0.154. The maximum atomic E-state index is 5.36. The zero-order valence-corrected chi connectivity index (χ0v) is 13.4. The molecule has 0 aromatic heterocycles. The van der Waals surface area contributed by atoms with E-state index in [-0.39, 0.29) is 0 Å². The van der Waals surface area contributed by atoms with Gasteiger partial charge in [0.05, 0.1) is 6.61 Å². The van der Waals surface area contributed by atoms with Crippen LogP contribution in [0.1, 0.15) is 64.0 Å². The lowest BCUT2D eigenvalue weighted by atomic mass is 9.99. The van der Waals surface area contributed by atoms with Gasteiger partial charge in [0.25, 0.3) is 0 Å². The van der Waals surface area contributed by atoms with Crippen LogP contribution in [-0.4, -0.2) is 19.8 Å². The maximum absolute atomic E-state index is 5.36. The molecular formula is C18H31NO. The fourth-order valence-corrected chi connectivity index (χ4v) is 2.68. The van der Waals surface area contributed by atoms with Crippen molar-refractivity contribution in [3.63, 3.8) is 0 Å². The van der Waals surface area contributed by atoms with E-state index in [2.05, 4.69) is 49.5 Å². The monoisotopic (exact) mass is 277 g/mol. The fraction of sp³-hybridized carbons (Fsp3) is 0.667. The van der Waals surface area contributed by atoms with Crippen LogP contribution in [0.3, 0.4) is 0 Å². The summed E-state index contributed by atoms with van der Waals surface area (Å²) in [6, 6.07) is 11.7. The first-order valence-electron chi connectivity index (χ1n) is 8.11. The third kappa shape index (κ3) is 6.53. The molecule has 0 saturated carbocycles. The molecule has 2 nitrogen and oxygen atoms in total. The standard InChI is InChI=1S/C18H31NO/c1-4-6-8-14-18(16-12-9-7-10-13-16)19-17(11-5-2)15-20-3/h7,9-10,12-13,17-19H,4-6,8,11,14-15H2,1-3H3. The van der Waals surface area contributed by atoms with Gasteiger partial charge in [-0.3, -0.25) is 0 Å². The second kappa shape index (κ2) is 10.9. The molecule has 2 unspecified atom stereocenters. The van der Waals surface area contributed by atoms with Gasteiger partial charge in [0.1, 0.15) is 0 Å². The molecule has 114 valence electrons. The van der Waals surface area contributed by atoms with E-state index in [0.29, 0.717) is 12.1 Å². The van der Waals surface area contributed by atoms with Crippen LogP contribution in [0.25, 0.3) is 0 Å². The third-order valence-corrected chi connectivity index (χ3v) is 3.74. The minimum Gasteiger partial charge on any atom is -0.383 e. The number of benzene rings is 1. The Labute approximate surface area is 124 Å². The molecule has 0 spiro atoms. The summed E-state index contributed by atoms with van der Waals surface area (Å²) in [4.78, 5) is 0. The van der Waals surface area contributed by atoms with Crippen LogP contribution in [0.4, 0.5) is 0 Å². The molecule has 0 aliphatic carbocycles. The Morgan fingerprint density at radius 2 is 1.75 bits per heavy atom. The number of unbranched alkanes of at least 4 members (excludes halogenated alkanes) is 2. The second-order valence-electron chi connectivity index (χ2n) is 5.57. The quantitative estimate of drug-likeness (QED) is 0.591. The second-order valence-corrected chi connectivity index (χ2v) is 5.57. The van der Waals surface area contributed by atoms with E-state index in [0.717, 1.165) is 6.61 Å². The van der Waals surface area contributed by atoms with Gasteiger partial charge in [-0.1, -0.05) is 69.9 Å². The highest BCUT2D eigenvalue weighted by Gasteiger charge is 2.16. The van der Waals surface area contributed by atoms with Gasteiger partial charge < -0.3 is 10.1 Å². The molecule has 0 bridgehead atoms. The van der Waals surface area contributed by atoms with Crippen molar-refractivity contribution < 1.29 is 4.74 Å². The van der Waals surface area contributed by atoms with Crippen molar-refractivity contribution in [2.24, 2.45) is 0 Å². The number of hydrogen-bond donors (Lipinski definition) is 1. The summed E-state index contributed by atoms with van der Waals surface area (Å²) < 4.78 is 5.36. The van der Waals surface area contributed by atoms with Crippen molar-refractivity contribution in [3.8, 4) is 0 Å². The molecule has 0 saturated heterocycles. The summed E-state index contributed by atoms with van der Waals surface area (Å²) in [5.41, 5.74) is 1.40. The molecule has 1 aromatic carbocycles. The van der Waals surface area contributed by atoms with Crippen LogP contribution in [0, 0.1) is 0 Å². The Morgan fingerprint density at radius 3 is 2.35 bits per heavy atom. The molecule has 20 heavy (non-hydrogen) atoms. The van der Waals surface area contributed by atoms with Gasteiger partial charge in [0, 0.05) is 19.2 Å². The van der Waals surface area contributed by atoms with Gasteiger partial charge in [-0.05, 0) is 18.4 Å². The Morgan fingerprint density at radius 1 is 1.00 bits per heavy atom. The molecular weight excluding hydrogens is 246 g/mol. The maximum Gasteiger partial charge on any atom is 0.0616 e. The molecule has 1 rings (SSSR count). The number of hydrogen-bond acceptors (Lipinski definition) is 2. The van der Waals surface area contributed by atoms with Crippen LogP contribution in [0.5, 0.6) is 0 Å². The molecule has 0 heterocycles. The van der Waals surface area contributed by atoms with Crippen molar-refractivity contribution in [3.05, 3.63) is 35.9 Å².